The number of aromatic nitrogens is 1. The first-order valence-electron chi connectivity index (χ1n) is 6.94. The van der Waals surface area contributed by atoms with Crippen molar-refractivity contribution in [1.29, 1.82) is 0 Å². The highest BCUT2D eigenvalue weighted by atomic mass is 35.5. The van der Waals surface area contributed by atoms with Crippen LogP contribution in [-0.2, 0) is 21.2 Å². The minimum atomic E-state index is -4.08. The van der Waals surface area contributed by atoms with Crippen LogP contribution in [0.25, 0.3) is 10.9 Å². The first-order chi connectivity index (χ1) is 11.8. The summed E-state index contributed by atoms with van der Waals surface area (Å²) in [5.41, 5.74) is 1.47. The molecule has 0 saturated heterocycles. The molecule has 0 atom stereocenters. The van der Waals surface area contributed by atoms with E-state index in [0.717, 1.165) is 22.2 Å². The predicted octanol–water partition coefficient (Wildman–Crippen LogP) is 3.59. The van der Waals surface area contributed by atoms with E-state index < -0.39 is 15.9 Å². The van der Waals surface area contributed by atoms with Crippen molar-refractivity contribution in [3.05, 3.63) is 44.7 Å². The maximum absolute atomic E-state index is 12.3. The molecule has 25 heavy (non-hydrogen) atoms. The number of rotatable bonds is 5. The Kier molecular flexibility index (Phi) is 4.97. The van der Waals surface area contributed by atoms with Gasteiger partial charge in [-0.15, -0.1) is 11.3 Å². The number of nitrogens with one attached hydrogen (secondary N) is 2. The van der Waals surface area contributed by atoms with Crippen LogP contribution >= 0.6 is 34.5 Å². The number of halogens is 2. The van der Waals surface area contributed by atoms with Crippen LogP contribution in [0.4, 0.5) is 0 Å². The van der Waals surface area contributed by atoms with Gasteiger partial charge in [-0.3, -0.25) is 4.79 Å². The highest BCUT2D eigenvalue weighted by Gasteiger charge is 2.23. The third-order valence-corrected chi connectivity index (χ3v) is 6.61. The Hall–Kier alpha value is -1.74. The summed E-state index contributed by atoms with van der Waals surface area (Å²) in [5.74, 6) is -0.0387. The topological polar surface area (TPSA) is 88.3 Å². The fourth-order valence-electron chi connectivity index (χ4n) is 2.35. The number of H-pyrrole nitrogens is 1. The Morgan fingerprint density at radius 1 is 1.32 bits per heavy atom. The van der Waals surface area contributed by atoms with Crippen molar-refractivity contribution in [2.24, 2.45) is 0 Å². The first-order valence-corrected chi connectivity index (χ1v) is 10.00. The number of fused-ring (bicyclic) bond motifs is 1. The lowest BCUT2D eigenvalue weighted by Crippen LogP contribution is -2.31. The maximum atomic E-state index is 12.3. The van der Waals surface area contributed by atoms with E-state index in [0.29, 0.717) is 11.3 Å². The number of methoxy groups -OCH3 is 1. The van der Waals surface area contributed by atoms with Gasteiger partial charge in [-0.1, -0.05) is 23.2 Å². The van der Waals surface area contributed by atoms with E-state index in [1.54, 1.807) is 25.4 Å². The molecule has 0 aliphatic rings. The van der Waals surface area contributed by atoms with Gasteiger partial charge in [0.25, 0.3) is 10.0 Å². The third-order valence-electron chi connectivity index (χ3n) is 3.49. The Morgan fingerprint density at radius 2 is 2.08 bits per heavy atom. The molecule has 6 nitrogen and oxygen atoms in total. The Bertz CT molecular complexity index is 1060. The van der Waals surface area contributed by atoms with E-state index in [4.69, 9.17) is 27.9 Å². The molecule has 0 aliphatic heterocycles. The molecule has 0 aliphatic carbocycles. The number of amides is 1. The van der Waals surface area contributed by atoms with E-state index in [1.807, 2.05) is 10.8 Å². The lowest BCUT2D eigenvalue weighted by molar-refractivity contribution is -0.118. The molecule has 2 heterocycles. The molecule has 2 aromatic heterocycles. The summed E-state index contributed by atoms with van der Waals surface area (Å²) < 4.78 is 32.0. The van der Waals surface area contributed by atoms with Crippen LogP contribution in [-0.4, -0.2) is 26.4 Å². The zero-order chi connectivity index (χ0) is 18.2. The van der Waals surface area contributed by atoms with E-state index in [-0.39, 0.29) is 20.0 Å². The van der Waals surface area contributed by atoms with Gasteiger partial charge >= 0.3 is 0 Å². The summed E-state index contributed by atoms with van der Waals surface area (Å²) in [5, 5.41) is 0.781. The Balaban J connectivity index is 1.82. The van der Waals surface area contributed by atoms with Crippen molar-refractivity contribution >= 4 is 61.4 Å². The zero-order valence-corrected chi connectivity index (χ0v) is 15.9. The molecule has 0 unspecified atom stereocenters. The van der Waals surface area contributed by atoms with Crippen molar-refractivity contribution in [2.75, 3.05) is 7.11 Å². The van der Waals surface area contributed by atoms with Crippen LogP contribution in [0.2, 0.25) is 8.67 Å². The number of ether oxygens (including phenoxy) is 1. The van der Waals surface area contributed by atoms with Gasteiger partial charge in [0.1, 0.15) is 15.0 Å². The Labute approximate surface area is 157 Å². The second kappa shape index (κ2) is 6.87. The zero-order valence-electron chi connectivity index (χ0n) is 12.8. The van der Waals surface area contributed by atoms with Gasteiger partial charge in [0.2, 0.25) is 5.91 Å². The lowest BCUT2D eigenvalue weighted by atomic mass is 10.1. The van der Waals surface area contributed by atoms with E-state index in [1.165, 1.54) is 6.07 Å². The average Bonchev–Trinajstić information content (AvgIpc) is 3.09. The third kappa shape index (κ3) is 3.77. The number of carbonyl (C=O) groups excluding carboxylic acids is 1. The first kappa shape index (κ1) is 18.1. The molecule has 0 bridgehead atoms. The molecule has 3 rings (SSSR count). The quantitative estimate of drug-likeness (QED) is 0.662. The van der Waals surface area contributed by atoms with Crippen molar-refractivity contribution < 1.29 is 17.9 Å². The van der Waals surface area contributed by atoms with Crippen LogP contribution in [0.1, 0.15) is 5.56 Å². The summed E-state index contributed by atoms with van der Waals surface area (Å²) in [6.45, 7) is 0. The summed E-state index contributed by atoms with van der Waals surface area (Å²) in [4.78, 5) is 15.0. The SMILES string of the molecule is COc1ccc2[nH]cc(CC(=O)NS(=O)(=O)c3cc(Cl)sc3Cl)c2c1. The van der Waals surface area contributed by atoms with Gasteiger partial charge in [-0.2, -0.15) is 0 Å². The summed E-state index contributed by atoms with van der Waals surface area (Å²) >= 11 is 12.5. The number of aromatic amines is 1. The fourth-order valence-corrected chi connectivity index (χ4v) is 5.49. The van der Waals surface area contributed by atoms with Gasteiger partial charge in [-0.05, 0) is 29.8 Å². The second-order valence-corrected chi connectivity index (χ2v) is 9.06. The molecule has 0 radical (unpaired) electrons. The Morgan fingerprint density at radius 3 is 2.72 bits per heavy atom. The minimum absolute atomic E-state index is 0.00197. The number of benzene rings is 1. The van der Waals surface area contributed by atoms with Gasteiger partial charge in [0, 0.05) is 17.1 Å². The molecule has 0 fully saturated rings. The smallest absolute Gasteiger partial charge is 0.266 e. The molecule has 0 saturated carbocycles. The van der Waals surface area contributed by atoms with Gasteiger partial charge < -0.3 is 9.72 Å². The summed E-state index contributed by atoms with van der Waals surface area (Å²) in [6.07, 6.45) is 1.53. The largest absolute Gasteiger partial charge is 0.497 e. The summed E-state index contributed by atoms with van der Waals surface area (Å²) in [7, 11) is -2.53. The molecule has 1 aromatic carbocycles. The highest BCUT2D eigenvalue weighted by Crippen LogP contribution is 2.34. The number of hydrogen-bond acceptors (Lipinski definition) is 5. The standard InChI is InChI=1S/C15H12Cl2N2O4S2/c1-23-9-2-3-11-10(5-9)8(7-18-11)4-14(20)19-25(21,22)12-6-13(16)24-15(12)17/h2-3,5-7,18H,4H2,1H3,(H,19,20). The van der Waals surface area contributed by atoms with Crippen LogP contribution in [0, 0.1) is 0 Å². The van der Waals surface area contributed by atoms with Gasteiger partial charge in [0.05, 0.1) is 17.9 Å². The van der Waals surface area contributed by atoms with E-state index >= 15 is 0 Å². The second-order valence-electron chi connectivity index (χ2n) is 5.12. The van der Waals surface area contributed by atoms with Crippen molar-refractivity contribution in [3.63, 3.8) is 0 Å². The van der Waals surface area contributed by atoms with Crippen molar-refractivity contribution in [1.82, 2.24) is 9.71 Å². The summed E-state index contributed by atoms with van der Waals surface area (Å²) in [6, 6.07) is 6.59. The van der Waals surface area contributed by atoms with Crippen LogP contribution in [0.5, 0.6) is 5.75 Å². The molecule has 1 amide bonds. The highest BCUT2D eigenvalue weighted by molar-refractivity contribution is 7.90. The molecular formula is C15H12Cl2N2O4S2. The monoisotopic (exact) mass is 418 g/mol. The van der Waals surface area contributed by atoms with E-state index in [2.05, 4.69) is 4.98 Å². The predicted molar refractivity (Wildman–Crippen MR) is 98.2 cm³/mol. The lowest BCUT2D eigenvalue weighted by Gasteiger charge is -2.06. The van der Waals surface area contributed by atoms with E-state index in [9.17, 15) is 13.2 Å². The van der Waals surface area contributed by atoms with Gasteiger partial charge in [-0.25, -0.2) is 13.1 Å². The minimum Gasteiger partial charge on any atom is -0.497 e. The number of thiophene rings is 1. The van der Waals surface area contributed by atoms with Crippen molar-refractivity contribution in [2.45, 2.75) is 11.3 Å². The van der Waals surface area contributed by atoms with Gasteiger partial charge in [0.15, 0.2) is 0 Å². The molecule has 0 spiro atoms. The molecule has 3 aromatic rings. The number of carbonyl (C=O) groups is 1. The molecular weight excluding hydrogens is 407 g/mol. The van der Waals surface area contributed by atoms with Crippen LogP contribution < -0.4 is 9.46 Å². The maximum Gasteiger partial charge on any atom is 0.266 e. The molecule has 2 N–H and O–H groups in total. The van der Waals surface area contributed by atoms with Crippen LogP contribution in [0.3, 0.4) is 0 Å². The number of hydrogen-bond donors (Lipinski definition) is 2. The fraction of sp³-hybridized carbons (Fsp3) is 0.133. The van der Waals surface area contributed by atoms with Crippen molar-refractivity contribution in [3.8, 4) is 5.75 Å². The van der Waals surface area contributed by atoms with Crippen LogP contribution in [0.15, 0.2) is 35.4 Å². The number of sulfonamides is 1. The molecule has 132 valence electrons. The molecule has 10 heteroatoms. The normalized spacial score (nSPS) is 11.6. The average molecular weight is 419 g/mol.